The van der Waals surface area contributed by atoms with E-state index in [9.17, 15) is 8.42 Å². The highest BCUT2D eigenvalue weighted by atomic mass is 32.2. The number of nitrogens with zero attached hydrogens (tertiary/aromatic N) is 4. The van der Waals surface area contributed by atoms with Crippen LogP contribution in [0.5, 0.6) is 0 Å². The zero-order valence-corrected chi connectivity index (χ0v) is 14.3. The lowest BCUT2D eigenvalue weighted by atomic mass is 9.91. The van der Waals surface area contributed by atoms with Crippen LogP contribution in [0, 0.1) is 5.92 Å². The van der Waals surface area contributed by atoms with Gasteiger partial charge in [-0.3, -0.25) is 9.67 Å². The van der Waals surface area contributed by atoms with Crippen molar-refractivity contribution in [2.75, 3.05) is 19.3 Å². The first-order valence-corrected chi connectivity index (χ1v) is 9.67. The monoisotopic (exact) mass is 334 g/mol. The summed E-state index contributed by atoms with van der Waals surface area (Å²) in [5, 5.41) is 4.21. The van der Waals surface area contributed by atoms with E-state index in [1.54, 1.807) is 16.7 Å². The molecule has 1 saturated heterocycles. The van der Waals surface area contributed by atoms with E-state index in [0.717, 1.165) is 36.2 Å². The molecule has 1 unspecified atom stereocenters. The number of aromatic nitrogens is 3. The van der Waals surface area contributed by atoms with Gasteiger partial charge in [0.05, 0.1) is 17.6 Å². The number of rotatable bonds is 4. The van der Waals surface area contributed by atoms with Gasteiger partial charge in [0.25, 0.3) is 0 Å². The van der Waals surface area contributed by atoms with Crippen molar-refractivity contribution in [3.8, 4) is 11.4 Å². The molecule has 2 aromatic rings. The Labute approximate surface area is 137 Å². The van der Waals surface area contributed by atoms with Gasteiger partial charge in [-0.05, 0) is 42.9 Å². The van der Waals surface area contributed by atoms with Crippen LogP contribution in [0.2, 0.25) is 0 Å². The van der Waals surface area contributed by atoms with Crippen LogP contribution in [0.25, 0.3) is 11.4 Å². The molecule has 3 rings (SSSR count). The van der Waals surface area contributed by atoms with Crippen molar-refractivity contribution >= 4 is 10.0 Å². The Morgan fingerprint density at radius 2 is 2.13 bits per heavy atom. The summed E-state index contributed by atoms with van der Waals surface area (Å²) in [5.41, 5.74) is 3.07. The molecule has 23 heavy (non-hydrogen) atoms. The molecule has 7 heteroatoms. The molecule has 0 spiro atoms. The highest BCUT2D eigenvalue weighted by Crippen LogP contribution is 2.27. The Morgan fingerprint density at radius 1 is 1.30 bits per heavy atom. The van der Waals surface area contributed by atoms with E-state index in [4.69, 9.17) is 0 Å². The Bertz CT molecular complexity index is 785. The molecule has 0 amide bonds. The second-order valence-electron chi connectivity index (χ2n) is 6.18. The van der Waals surface area contributed by atoms with Crippen LogP contribution in [0.4, 0.5) is 0 Å². The zero-order chi connectivity index (χ0) is 16.4. The molecule has 3 heterocycles. The van der Waals surface area contributed by atoms with Crippen LogP contribution in [0.15, 0.2) is 30.6 Å². The Morgan fingerprint density at radius 3 is 2.83 bits per heavy atom. The number of sulfonamides is 1. The van der Waals surface area contributed by atoms with Crippen LogP contribution in [0.3, 0.4) is 0 Å². The molecule has 1 atom stereocenters. The van der Waals surface area contributed by atoms with Crippen LogP contribution >= 0.6 is 0 Å². The summed E-state index contributed by atoms with van der Waals surface area (Å²) in [6, 6.07) is 5.97. The molecular weight excluding hydrogens is 312 g/mol. The molecule has 0 aliphatic carbocycles. The van der Waals surface area contributed by atoms with Gasteiger partial charge >= 0.3 is 0 Å². The molecule has 0 radical (unpaired) electrons. The van der Waals surface area contributed by atoms with E-state index >= 15 is 0 Å². The normalized spacial score (nSPS) is 19.8. The minimum atomic E-state index is -3.11. The van der Waals surface area contributed by atoms with Crippen LogP contribution in [0.1, 0.15) is 18.4 Å². The van der Waals surface area contributed by atoms with Crippen molar-refractivity contribution in [3.63, 3.8) is 0 Å². The minimum absolute atomic E-state index is 0.328. The molecule has 1 aliphatic heterocycles. The lowest BCUT2D eigenvalue weighted by Gasteiger charge is -2.31. The molecule has 1 fully saturated rings. The van der Waals surface area contributed by atoms with Gasteiger partial charge in [-0.25, -0.2) is 12.7 Å². The van der Waals surface area contributed by atoms with Gasteiger partial charge < -0.3 is 0 Å². The number of piperidine rings is 1. The van der Waals surface area contributed by atoms with Crippen LogP contribution in [-0.4, -0.2) is 46.8 Å². The van der Waals surface area contributed by atoms with E-state index in [-0.39, 0.29) is 0 Å². The summed E-state index contributed by atoms with van der Waals surface area (Å²) in [5.74, 6) is 0.328. The van der Waals surface area contributed by atoms with Crippen LogP contribution in [-0.2, 0) is 23.5 Å². The summed E-state index contributed by atoms with van der Waals surface area (Å²) in [6.45, 7) is 1.23. The van der Waals surface area contributed by atoms with E-state index in [2.05, 4.69) is 16.1 Å². The number of aryl methyl sites for hydroxylation is 1. The molecule has 0 aromatic carbocycles. The van der Waals surface area contributed by atoms with Crippen molar-refractivity contribution in [1.82, 2.24) is 19.1 Å². The number of hydrogen-bond donors (Lipinski definition) is 0. The predicted octanol–water partition coefficient (Wildman–Crippen LogP) is 1.70. The smallest absolute Gasteiger partial charge is 0.211 e. The highest BCUT2D eigenvalue weighted by molar-refractivity contribution is 7.88. The topological polar surface area (TPSA) is 68.1 Å². The van der Waals surface area contributed by atoms with Gasteiger partial charge in [-0.2, -0.15) is 5.10 Å². The van der Waals surface area contributed by atoms with E-state index in [0.29, 0.717) is 19.0 Å². The molecule has 0 N–H and O–H groups in total. The highest BCUT2D eigenvalue weighted by Gasteiger charge is 2.26. The van der Waals surface area contributed by atoms with Gasteiger partial charge in [-0.1, -0.05) is 6.07 Å². The van der Waals surface area contributed by atoms with Gasteiger partial charge in [0.1, 0.15) is 0 Å². The predicted molar refractivity (Wildman–Crippen MR) is 89.3 cm³/mol. The van der Waals surface area contributed by atoms with Gasteiger partial charge in [0.2, 0.25) is 10.0 Å². The summed E-state index contributed by atoms with van der Waals surface area (Å²) >= 11 is 0. The largest absolute Gasteiger partial charge is 0.266 e. The molecule has 2 aromatic heterocycles. The van der Waals surface area contributed by atoms with Crippen molar-refractivity contribution in [3.05, 3.63) is 36.2 Å². The maximum Gasteiger partial charge on any atom is 0.211 e. The Hall–Kier alpha value is -1.73. The zero-order valence-electron chi connectivity index (χ0n) is 13.5. The second-order valence-corrected chi connectivity index (χ2v) is 8.17. The number of hydrogen-bond acceptors (Lipinski definition) is 4. The number of pyridine rings is 1. The molecule has 6 nitrogen and oxygen atoms in total. The third-order valence-electron chi connectivity index (χ3n) is 4.41. The van der Waals surface area contributed by atoms with Gasteiger partial charge in [-0.15, -0.1) is 0 Å². The maximum atomic E-state index is 11.8. The molecular formula is C16H22N4O2S. The summed E-state index contributed by atoms with van der Waals surface area (Å²) in [7, 11) is -1.20. The first kappa shape index (κ1) is 16.1. The first-order chi connectivity index (χ1) is 10.9. The fourth-order valence-electron chi connectivity index (χ4n) is 3.25. The quantitative estimate of drug-likeness (QED) is 0.853. The third kappa shape index (κ3) is 3.61. The van der Waals surface area contributed by atoms with E-state index < -0.39 is 10.0 Å². The summed E-state index contributed by atoms with van der Waals surface area (Å²) in [4.78, 5) is 4.52. The van der Waals surface area contributed by atoms with Crippen molar-refractivity contribution in [2.24, 2.45) is 13.0 Å². The maximum absolute atomic E-state index is 11.8. The van der Waals surface area contributed by atoms with E-state index in [1.165, 1.54) is 6.26 Å². The average molecular weight is 334 g/mol. The Balaban J connectivity index is 1.82. The molecule has 0 bridgehead atoms. The average Bonchev–Trinajstić information content (AvgIpc) is 2.93. The molecule has 0 saturated carbocycles. The van der Waals surface area contributed by atoms with Crippen molar-refractivity contribution < 1.29 is 8.42 Å². The third-order valence-corrected chi connectivity index (χ3v) is 5.68. The van der Waals surface area contributed by atoms with Gasteiger partial charge in [0, 0.05) is 32.5 Å². The van der Waals surface area contributed by atoms with Crippen molar-refractivity contribution in [2.45, 2.75) is 19.3 Å². The Kier molecular flexibility index (Phi) is 4.50. The van der Waals surface area contributed by atoms with Gasteiger partial charge in [0.15, 0.2) is 0 Å². The van der Waals surface area contributed by atoms with Crippen LogP contribution < -0.4 is 0 Å². The summed E-state index contributed by atoms with van der Waals surface area (Å²) in [6.07, 6.45) is 7.64. The summed E-state index contributed by atoms with van der Waals surface area (Å²) < 4.78 is 27.0. The molecule has 124 valence electrons. The fourth-order valence-corrected chi connectivity index (χ4v) is 4.19. The van der Waals surface area contributed by atoms with Crippen molar-refractivity contribution in [1.29, 1.82) is 0 Å². The lowest BCUT2D eigenvalue weighted by Crippen LogP contribution is -2.39. The lowest BCUT2D eigenvalue weighted by molar-refractivity contribution is 0.267. The standard InChI is InChI=1S/C16H22N4O2S/c1-19-15(7-9-18-19)16-14(6-3-8-17-16)11-13-5-4-10-20(12-13)23(2,21)22/h3,6-9,13H,4-5,10-12H2,1-2H3. The SMILES string of the molecule is Cn1nccc1-c1ncccc1CC1CCCN(S(C)(=O)=O)C1. The first-order valence-electron chi connectivity index (χ1n) is 7.82. The molecule has 1 aliphatic rings. The second kappa shape index (κ2) is 6.41. The fraction of sp³-hybridized carbons (Fsp3) is 0.500. The minimum Gasteiger partial charge on any atom is -0.266 e. The van der Waals surface area contributed by atoms with E-state index in [1.807, 2.05) is 23.9 Å².